The largest absolute Gasteiger partial charge is 0.497 e. The van der Waals surface area contributed by atoms with Crippen LogP contribution in [0.4, 0.5) is 21.7 Å². The molecule has 0 fully saturated rings. The Balaban J connectivity index is 2.36. The maximum absolute atomic E-state index is 13.7. The highest BCUT2D eigenvalue weighted by Crippen LogP contribution is 2.30. The molecule has 0 saturated carbocycles. The molecule has 0 aliphatic heterocycles. The Kier molecular flexibility index (Phi) is 4.13. The normalized spacial score (nSPS) is 10.1. The zero-order valence-corrected chi connectivity index (χ0v) is 11.5. The van der Waals surface area contributed by atoms with Crippen LogP contribution in [0.1, 0.15) is 0 Å². The molecule has 19 heavy (non-hydrogen) atoms. The summed E-state index contributed by atoms with van der Waals surface area (Å²) in [5, 5.41) is 2.84. The van der Waals surface area contributed by atoms with E-state index >= 15 is 0 Å². The minimum atomic E-state index is -0.423. The van der Waals surface area contributed by atoms with Gasteiger partial charge in [-0.05, 0) is 28.1 Å². The molecule has 0 saturated heterocycles. The van der Waals surface area contributed by atoms with Gasteiger partial charge in [0.05, 0.1) is 12.8 Å². The fourth-order valence-electron chi connectivity index (χ4n) is 1.41. The molecule has 0 aliphatic carbocycles. The lowest BCUT2D eigenvalue weighted by atomic mass is 10.3. The van der Waals surface area contributed by atoms with Crippen LogP contribution in [-0.4, -0.2) is 17.1 Å². The number of methoxy groups -OCH3 is 1. The van der Waals surface area contributed by atoms with Gasteiger partial charge in [0, 0.05) is 6.07 Å². The minimum Gasteiger partial charge on any atom is -0.497 e. The van der Waals surface area contributed by atoms with Crippen LogP contribution in [0.15, 0.2) is 29.0 Å². The van der Waals surface area contributed by atoms with Crippen LogP contribution in [0, 0.1) is 5.82 Å². The molecule has 0 unspecified atom stereocenters. The van der Waals surface area contributed by atoms with Gasteiger partial charge in [-0.25, -0.2) is 20.2 Å². The SMILES string of the molecule is COc1ccc(F)c(Nc2ncnc(NN)c2Br)c1. The molecular weight excluding hydrogens is 317 g/mol. The molecule has 0 aliphatic rings. The summed E-state index contributed by atoms with van der Waals surface area (Å²) in [5.74, 6) is 6.18. The van der Waals surface area contributed by atoms with Crippen LogP contribution < -0.4 is 21.3 Å². The summed E-state index contributed by atoms with van der Waals surface area (Å²) in [6.45, 7) is 0. The number of benzene rings is 1. The van der Waals surface area contributed by atoms with Gasteiger partial charge in [0.25, 0.3) is 0 Å². The predicted octanol–water partition coefficient (Wildman–Crippen LogP) is 2.42. The molecule has 2 aromatic rings. The second-order valence-corrected chi connectivity index (χ2v) is 4.29. The summed E-state index contributed by atoms with van der Waals surface area (Å²) in [4.78, 5) is 7.91. The third kappa shape index (κ3) is 2.91. The second kappa shape index (κ2) is 5.81. The highest BCUT2D eigenvalue weighted by atomic mass is 79.9. The summed E-state index contributed by atoms with van der Waals surface area (Å²) in [7, 11) is 1.51. The number of rotatable bonds is 4. The highest BCUT2D eigenvalue weighted by Gasteiger charge is 2.11. The van der Waals surface area contributed by atoms with Crippen LogP contribution in [0.5, 0.6) is 5.75 Å². The first kappa shape index (κ1) is 13.5. The number of ether oxygens (including phenoxy) is 1. The quantitative estimate of drug-likeness (QED) is 0.590. The summed E-state index contributed by atoms with van der Waals surface area (Å²) >= 11 is 3.28. The summed E-state index contributed by atoms with van der Waals surface area (Å²) < 4.78 is 19.2. The first-order valence-corrected chi connectivity index (χ1v) is 6.02. The Morgan fingerprint density at radius 2 is 2.05 bits per heavy atom. The standard InChI is InChI=1S/C11H11BrFN5O/c1-19-6-2-3-7(13)8(4-6)17-10-9(12)11(18-14)16-5-15-10/h2-5H,14H2,1H3,(H2,15,16,17,18). The Morgan fingerprint density at radius 3 is 2.74 bits per heavy atom. The zero-order chi connectivity index (χ0) is 13.8. The molecule has 2 rings (SSSR count). The van der Waals surface area contributed by atoms with Crippen molar-refractivity contribution in [3.63, 3.8) is 0 Å². The molecule has 4 N–H and O–H groups in total. The van der Waals surface area contributed by atoms with Gasteiger partial charge < -0.3 is 15.5 Å². The average Bonchev–Trinajstić information content (AvgIpc) is 2.43. The zero-order valence-electron chi connectivity index (χ0n) is 9.95. The number of hydrogen-bond acceptors (Lipinski definition) is 6. The molecule has 1 aromatic heterocycles. The summed E-state index contributed by atoms with van der Waals surface area (Å²) in [6.07, 6.45) is 1.31. The van der Waals surface area contributed by atoms with Crippen molar-refractivity contribution in [1.29, 1.82) is 0 Å². The van der Waals surface area contributed by atoms with Crippen LogP contribution in [-0.2, 0) is 0 Å². The van der Waals surface area contributed by atoms with Crippen molar-refractivity contribution in [3.8, 4) is 5.75 Å². The van der Waals surface area contributed by atoms with Crippen LogP contribution in [0.2, 0.25) is 0 Å². The Labute approximate surface area is 117 Å². The van der Waals surface area contributed by atoms with Crippen molar-refractivity contribution in [2.24, 2.45) is 5.84 Å². The fraction of sp³-hybridized carbons (Fsp3) is 0.0909. The molecule has 8 heteroatoms. The fourth-order valence-corrected chi connectivity index (χ4v) is 1.83. The van der Waals surface area contributed by atoms with E-state index in [0.29, 0.717) is 21.9 Å². The summed E-state index contributed by atoms with van der Waals surface area (Å²) in [5.41, 5.74) is 2.64. The number of aromatic nitrogens is 2. The van der Waals surface area contributed by atoms with Crippen molar-refractivity contribution in [2.75, 3.05) is 17.9 Å². The molecule has 0 bridgehead atoms. The molecular formula is C11H11BrFN5O. The van der Waals surface area contributed by atoms with E-state index in [1.165, 1.54) is 31.6 Å². The number of nitrogens with zero attached hydrogens (tertiary/aromatic N) is 2. The number of hydrazine groups is 1. The molecule has 0 atom stereocenters. The highest BCUT2D eigenvalue weighted by molar-refractivity contribution is 9.10. The molecule has 1 aromatic carbocycles. The first-order chi connectivity index (χ1) is 9.15. The van der Waals surface area contributed by atoms with E-state index in [9.17, 15) is 4.39 Å². The van der Waals surface area contributed by atoms with Crippen molar-refractivity contribution >= 4 is 33.3 Å². The summed E-state index contributed by atoms with van der Waals surface area (Å²) in [6, 6.07) is 4.36. The molecule has 6 nitrogen and oxygen atoms in total. The lowest BCUT2D eigenvalue weighted by molar-refractivity contribution is 0.414. The molecule has 0 radical (unpaired) electrons. The molecule has 100 valence electrons. The van der Waals surface area contributed by atoms with Crippen molar-refractivity contribution in [3.05, 3.63) is 34.8 Å². The molecule has 0 spiro atoms. The van der Waals surface area contributed by atoms with E-state index in [2.05, 4.69) is 36.6 Å². The Bertz CT molecular complexity index is 595. The minimum absolute atomic E-state index is 0.238. The third-order valence-corrected chi connectivity index (χ3v) is 3.10. The maximum atomic E-state index is 13.7. The number of nitrogens with two attached hydrogens (primary N) is 1. The van der Waals surface area contributed by atoms with Crippen molar-refractivity contribution in [1.82, 2.24) is 9.97 Å². The Morgan fingerprint density at radius 1 is 1.32 bits per heavy atom. The number of nitrogen functional groups attached to an aromatic ring is 1. The lowest BCUT2D eigenvalue weighted by Gasteiger charge is -2.11. The molecule has 1 heterocycles. The second-order valence-electron chi connectivity index (χ2n) is 3.50. The van der Waals surface area contributed by atoms with Crippen molar-refractivity contribution in [2.45, 2.75) is 0 Å². The topological polar surface area (TPSA) is 85.1 Å². The number of anilines is 3. The van der Waals surface area contributed by atoms with Crippen molar-refractivity contribution < 1.29 is 9.13 Å². The molecule has 0 amide bonds. The van der Waals surface area contributed by atoms with Gasteiger partial charge in [-0.3, -0.25) is 0 Å². The predicted molar refractivity (Wildman–Crippen MR) is 73.8 cm³/mol. The van der Waals surface area contributed by atoms with Gasteiger partial charge in [0.2, 0.25) is 0 Å². The van der Waals surface area contributed by atoms with Gasteiger partial charge in [-0.2, -0.15) is 0 Å². The Hall–Kier alpha value is -1.93. The van der Waals surface area contributed by atoms with Gasteiger partial charge in [0.1, 0.15) is 28.2 Å². The van der Waals surface area contributed by atoms with E-state index in [1.807, 2.05) is 0 Å². The van der Waals surface area contributed by atoms with Gasteiger partial charge >= 0.3 is 0 Å². The van der Waals surface area contributed by atoms with E-state index < -0.39 is 5.82 Å². The monoisotopic (exact) mass is 327 g/mol. The lowest BCUT2D eigenvalue weighted by Crippen LogP contribution is -2.10. The van der Waals surface area contributed by atoms with Crippen LogP contribution in [0.3, 0.4) is 0 Å². The van der Waals surface area contributed by atoms with Crippen LogP contribution in [0.25, 0.3) is 0 Å². The smallest absolute Gasteiger partial charge is 0.159 e. The number of hydrogen-bond donors (Lipinski definition) is 3. The van der Waals surface area contributed by atoms with Gasteiger partial charge in [-0.1, -0.05) is 0 Å². The number of halogens is 2. The van der Waals surface area contributed by atoms with E-state index in [-0.39, 0.29) is 5.69 Å². The van der Waals surface area contributed by atoms with E-state index in [1.54, 1.807) is 0 Å². The number of nitrogens with one attached hydrogen (secondary N) is 2. The van der Waals surface area contributed by atoms with E-state index in [0.717, 1.165) is 0 Å². The van der Waals surface area contributed by atoms with E-state index in [4.69, 9.17) is 10.6 Å². The average molecular weight is 328 g/mol. The van der Waals surface area contributed by atoms with Gasteiger partial charge in [-0.15, -0.1) is 0 Å². The van der Waals surface area contributed by atoms with Gasteiger partial charge in [0.15, 0.2) is 5.82 Å². The third-order valence-electron chi connectivity index (χ3n) is 2.35. The maximum Gasteiger partial charge on any atom is 0.159 e. The first-order valence-electron chi connectivity index (χ1n) is 5.23. The van der Waals surface area contributed by atoms with Crippen LogP contribution >= 0.6 is 15.9 Å².